The van der Waals surface area contributed by atoms with Gasteiger partial charge < -0.3 is 10.8 Å². The topological polar surface area (TPSA) is 46.2 Å². The molecule has 0 unspecified atom stereocenters. The van der Waals surface area contributed by atoms with Crippen LogP contribution in [0, 0.1) is 20.8 Å². The maximum absolute atomic E-state index is 9.62. The SMILES string of the molecule is C=C(S/C=C(\C)Cc1cc(C)c(N)cc1C)c1ccc(O)c(C)c1. The van der Waals surface area contributed by atoms with Gasteiger partial charge in [-0.1, -0.05) is 36.0 Å². The maximum Gasteiger partial charge on any atom is 0.118 e. The van der Waals surface area contributed by atoms with Gasteiger partial charge in [0.15, 0.2) is 0 Å². The van der Waals surface area contributed by atoms with Gasteiger partial charge in [0.1, 0.15) is 5.75 Å². The summed E-state index contributed by atoms with van der Waals surface area (Å²) in [7, 11) is 0. The molecule has 0 fully saturated rings. The predicted molar refractivity (Wildman–Crippen MR) is 107 cm³/mol. The summed E-state index contributed by atoms with van der Waals surface area (Å²) in [6, 6.07) is 9.79. The molecule has 126 valence electrons. The molecule has 3 heteroatoms. The van der Waals surface area contributed by atoms with E-state index >= 15 is 0 Å². The normalized spacial score (nSPS) is 11.6. The van der Waals surface area contributed by atoms with E-state index in [1.807, 2.05) is 32.0 Å². The molecule has 3 N–H and O–H groups in total. The Bertz CT molecular complexity index is 806. The molecule has 2 aromatic carbocycles. The fourth-order valence-corrected chi connectivity index (χ4v) is 3.19. The van der Waals surface area contributed by atoms with Crippen LogP contribution in [0.2, 0.25) is 0 Å². The molecule has 0 atom stereocenters. The van der Waals surface area contributed by atoms with E-state index in [2.05, 4.69) is 31.9 Å². The lowest BCUT2D eigenvalue weighted by molar-refractivity contribution is 0.471. The Hall–Kier alpha value is -2.13. The summed E-state index contributed by atoms with van der Waals surface area (Å²) in [5.41, 5.74) is 13.7. The first-order chi connectivity index (χ1) is 11.3. The average molecular weight is 340 g/mol. The molecule has 24 heavy (non-hydrogen) atoms. The van der Waals surface area contributed by atoms with E-state index in [-0.39, 0.29) is 0 Å². The molecule has 2 nitrogen and oxygen atoms in total. The molecule has 0 aromatic heterocycles. The van der Waals surface area contributed by atoms with E-state index in [9.17, 15) is 5.11 Å². The summed E-state index contributed by atoms with van der Waals surface area (Å²) in [6.07, 6.45) is 0.905. The highest BCUT2D eigenvalue weighted by atomic mass is 32.2. The van der Waals surface area contributed by atoms with Crippen molar-refractivity contribution in [2.45, 2.75) is 34.1 Å². The molecule has 0 aliphatic heterocycles. The number of anilines is 1. The molecule has 0 aliphatic carbocycles. The third-order valence-corrected chi connectivity index (χ3v) is 5.16. The Labute approximate surface area is 149 Å². The largest absolute Gasteiger partial charge is 0.508 e. The molecule has 2 rings (SSSR count). The third kappa shape index (κ3) is 4.45. The van der Waals surface area contributed by atoms with Crippen LogP contribution in [-0.4, -0.2) is 5.11 Å². The number of aryl methyl sites for hydroxylation is 3. The zero-order valence-corrected chi connectivity index (χ0v) is 15.6. The maximum atomic E-state index is 9.62. The second-order valence-electron chi connectivity index (χ2n) is 6.32. The minimum absolute atomic E-state index is 0.317. The van der Waals surface area contributed by atoms with Crippen molar-refractivity contribution in [3.05, 3.63) is 75.7 Å². The van der Waals surface area contributed by atoms with E-state index in [1.165, 1.54) is 16.7 Å². The monoisotopic (exact) mass is 339 g/mol. The highest BCUT2D eigenvalue weighted by molar-refractivity contribution is 8.10. The summed E-state index contributed by atoms with van der Waals surface area (Å²) in [5.74, 6) is 0.317. The Morgan fingerprint density at radius 1 is 1.12 bits per heavy atom. The highest BCUT2D eigenvalue weighted by Gasteiger charge is 2.05. The number of hydrogen-bond donors (Lipinski definition) is 2. The van der Waals surface area contributed by atoms with Crippen LogP contribution < -0.4 is 5.73 Å². The summed E-state index contributed by atoms with van der Waals surface area (Å²) >= 11 is 1.62. The van der Waals surface area contributed by atoms with Gasteiger partial charge in [-0.05, 0) is 85.5 Å². The minimum Gasteiger partial charge on any atom is -0.508 e. The van der Waals surface area contributed by atoms with E-state index in [4.69, 9.17) is 5.73 Å². The molecular formula is C21H25NOS. The molecule has 0 heterocycles. The number of phenolic OH excluding ortho intramolecular Hbond substituents is 1. The Balaban J connectivity index is 2.07. The fourth-order valence-electron chi connectivity index (χ4n) is 2.50. The first kappa shape index (κ1) is 18.2. The number of rotatable bonds is 5. The average Bonchev–Trinajstić information content (AvgIpc) is 2.53. The smallest absolute Gasteiger partial charge is 0.118 e. The number of nitrogen functional groups attached to an aromatic ring is 1. The standard InChI is InChI=1S/C21H25NOS/c1-13(8-19-9-15(3)20(22)11-14(19)2)12-24-17(5)18-6-7-21(23)16(4)10-18/h6-7,9-12,23H,5,8,22H2,1-4H3/b13-12+. The Morgan fingerprint density at radius 2 is 1.83 bits per heavy atom. The molecule has 0 bridgehead atoms. The quantitative estimate of drug-likeness (QED) is 0.682. The number of aromatic hydroxyl groups is 1. The molecular weight excluding hydrogens is 314 g/mol. The Kier molecular flexibility index (Phi) is 5.79. The molecule has 0 spiro atoms. The van der Waals surface area contributed by atoms with Crippen molar-refractivity contribution in [3.8, 4) is 5.75 Å². The lowest BCUT2D eigenvalue weighted by Gasteiger charge is -2.10. The van der Waals surface area contributed by atoms with Gasteiger partial charge in [0.25, 0.3) is 0 Å². The molecule has 0 saturated carbocycles. The number of hydrogen-bond acceptors (Lipinski definition) is 3. The summed E-state index contributed by atoms with van der Waals surface area (Å²) in [6.45, 7) is 12.3. The molecule has 0 radical (unpaired) electrons. The molecule has 2 aromatic rings. The first-order valence-electron chi connectivity index (χ1n) is 7.94. The number of thioether (sulfide) groups is 1. The van der Waals surface area contributed by atoms with Gasteiger partial charge in [0.05, 0.1) is 0 Å². The number of allylic oxidation sites excluding steroid dienone is 1. The molecule has 0 aliphatic rings. The van der Waals surface area contributed by atoms with Crippen molar-refractivity contribution in [2.75, 3.05) is 5.73 Å². The van der Waals surface area contributed by atoms with Crippen molar-refractivity contribution in [1.82, 2.24) is 0 Å². The summed E-state index contributed by atoms with van der Waals surface area (Å²) in [5, 5.41) is 11.8. The van der Waals surface area contributed by atoms with Crippen LogP contribution in [0.25, 0.3) is 4.91 Å². The van der Waals surface area contributed by atoms with Crippen LogP contribution in [-0.2, 0) is 6.42 Å². The van der Waals surface area contributed by atoms with Gasteiger partial charge in [-0.15, -0.1) is 0 Å². The second-order valence-corrected chi connectivity index (χ2v) is 7.28. The summed E-state index contributed by atoms with van der Waals surface area (Å²) in [4.78, 5) is 0.975. The van der Waals surface area contributed by atoms with Crippen molar-refractivity contribution < 1.29 is 5.11 Å². The van der Waals surface area contributed by atoms with Gasteiger partial charge in [-0.3, -0.25) is 0 Å². The van der Waals surface area contributed by atoms with Crippen molar-refractivity contribution in [3.63, 3.8) is 0 Å². The minimum atomic E-state index is 0.317. The molecule has 0 saturated heterocycles. The van der Waals surface area contributed by atoms with Gasteiger partial charge in [-0.25, -0.2) is 0 Å². The zero-order valence-electron chi connectivity index (χ0n) is 14.8. The number of phenols is 1. The number of nitrogens with two attached hydrogens (primary N) is 1. The van der Waals surface area contributed by atoms with Crippen LogP contribution in [0.1, 0.15) is 34.7 Å². The lowest BCUT2D eigenvalue weighted by Crippen LogP contribution is -1.96. The van der Waals surface area contributed by atoms with Gasteiger partial charge in [0.2, 0.25) is 0 Å². The van der Waals surface area contributed by atoms with E-state index in [1.54, 1.807) is 17.8 Å². The van der Waals surface area contributed by atoms with Crippen LogP contribution in [0.3, 0.4) is 0 Å². The van der Waals surface area contributed by atoms with Crippen molar-refractivity contribution in [1.29, 1.82) is 0 Å². The van der Waals surface area contributed by atoms with E-state index in [0.717, 1.165) is 33.7 Å². The highest BCUT2D eigenvalue weighted by Crippen LogP contribution is 2.31. The van der Waals surface area contributed by atoms with E-state index in [0.29, 0.717) is 5.75 Å². The number of benzene rings is 2. The summed E-state index contributed by atoms with van der Waals surface area (Å²) < 4.78 is 0. The second kappa shape index (κ2) is 7.63. The van der Waals surface area contributed by atoms with Crippen molar-refractivity contribution >= 4 is 22.4 Å². The van der Waals surface area contributed by atoms with Crippen molar-refractivity contribution in [2.24, 2.45) is 0 Å². The van der Waals surface area contributed by atoms with Crippen LogP contribution in [0.5, 0.6) is 5.75 Å². The van der Waals surface area contributed by atoms with Gasteiger partial charge in [0, 0.05) is 10.6 Å². The zero-order chi connectivity index (χ0) is 17.9. The predicted octanol–water partition coefficient (Wildman–Crippen LogP) is 5.75. The Morgan fingerprint density at radius 3 is 2.50 bits per heavy atom. The van der Waals surface area contributed by atoms with E-state index < -0.39 is 0 Å². The molecule has 0 amide bonds. The van der Waals surface area contributed by atoms with Crippen LogP contribution in [0.15, 0.2) is 47.9 Å². The first-order valence-corrected chi connectivity index (χ1v) is 8.82. The lowest BCUT2D eigenvalue weighted by atomic mass is 9.99. The van der Waals surface area contributed by atoms with Crippen LogP contribution in [0.4, 0.5) is 5.69 Å². The van der Waals surface area contributed by atoms with Crippen LogP contribution >= 0.6 is 11.8 Å². The van der Waals surface area contributed by atoms with Gasteiger partial charge in [-0.2, -0.15) is 0 Å². The van der Waals surface area contributed by atoms with Gasteiger partial charge >= 0.3 is 0 Å². The third-order valence-electron chi connectivity index (χ3n) is 4.12. The fraction of sp³-hybridized carbons (Fsp3) is 0.238.